The fraction of sp³-hybridized carbons (Fsp3) is 0.333. The number of benzene rings is 1. The summed E-state index contributed by atoms with van der Waals surface area (Å²) >= 11 is 0. The van der Waals surface area contributed by atoms with Crippen LogP contribution in [0.15, 0.2) is 29.4 Å². The first-order valence-corrected chi connectivity index (χ1v) is 5.59. The van der Waals surface area contributed by atoms with Crippen LogP contribution in [0, 0.1) is 0 Å². The van der Waals surface area contributed by atoms with Gasteiger partial charge in [0.25, 0.3) is 0 Å². The van der Waals surface area contributed by atoms with Crippen LogP contribution in [0.2, 0.25) is 0 Å². The van der Waals surface area contributed by atoms with Crippen molar-refractivity contribution in [2.75, 3.05) is 0 Å². The first-order chi connectivity index (χ1) is 8.97. The Morgan fingerprint density at radius 3 is 2.58 bits per heavy atom. The minimum Gasteiger partial charge on any atom is -0.435 e. The van der Waals surface area contributed by atoms with Gasteiger partial charge < -0.3 is 10.5 Å². The minimum atomic E-state index is -2.82. The van der Waals surface area contributed by atoms with E-state index < -0.39 is 12.6 Å². The number of hydrogen-bond acceptors (Lipinski definition) is 3. The Morgan fingerprint density at radius 1 is 1.42 bits per heavy atom. The number of urea groups is 1. The van der Waals surface area contributed by atoms with E-state index in [0.717, 1.165) is 5.56 Å². The minimum absolute atomic E-state index is 0.125. The van der Waals surface area contributed by atoms with Gasteiger partial charge in [0.05, 0.1) is 0 Å². The third-order valence-electron chi connectivity index (χ3n) is 2.28. The SMILES string of the molecule is CC(CCc1ccc(OC(F)F)cc1)=NNC(N)=O. The molecule has 0 aliphatic carbocycles. The zero-order valence-electron chi connectivity index (χ0n) is 10.4. The molecule has 2 amide bonds. The highest BCUT2D eigenvalue weighted by Crippen LogP contribution is 2.15. The first-order valence-electron chi connectivity index (χ1n) is 5.59. The van der Waals surface area contributed by atoms with E-state index in [1.807, 2.05) is 0 Å². The molecule has 0 aliphatic rings. The summed E-state index contributed by atoms with van der Waals surface area (Å²) < 4.78 is 28.1. The molecule has 1 rings (SSSR count). The monoisotopic (exact) mass is 271 g/mol. The van der Waals surface area contributed by atoms with Gasteiger partial charge in [-0.2, -0.15) is 13.9 Å². The molecule has 19 heavy (non-hydrogen) atoms. The Labute approximate surface area is 109 Å². The molecule has 0 bridgehead atoms. The molecular formula is C12H15F2N3O2. The number of ether oxygens (including phenoxy) is 1. The van der Waals surface area contributed by atoms with Crippen molar-refractivity contribution in [3.63, 3.8) is 0 Å². The van der Waals surface area contributed by atoms with E-state index in [4.69, 9.17) is 5.73 Å². The van der Waals surface area contributed by atoms with Crippen LogP contribution < -0.4 is 15.9 Å². The molecule has 0 fully saturated rings. The molecule has 1 aromatic carbocycles. The largest absolute Gasteiger partial charge is 0.435 e. The Bertz CT molecular complexity index is 447. The maximum Gasteiger partial charge on any atom is 0.387 e. The van der Waals surface area contributed by atoms with Crippen LogP contribution in [-0.4, -0.2) is 18.4 Å². The van der Waals surface area contributed by atoms with Crippen molar-refractivity contribution in [2.45, 2.75) is 26.4 Å². The fourth-order valence-electron chi connectivity index (χ4n) is 1.37. The average molecular weight is 271 g/mol. The van der Waals surface area contributed by atoms with E-state index in [0.29, 0.717) is 18.6 Å². The molecule has 0 aromatic heterocycles. The summed E-state index contributed by atoms with van der Waals surface area (Å²) in [6.07, 6.45) is 1.29. The van der Waals surface area contributed by atoms with Crippen LogP contribution in [-0.2, 0) is 6.42 Å². The lowest BCUT2D eigenvalue weighted by Gasteiger charge is -2.06. The van der Waals surface area contributed by atoms with Gasteiger partial charge in [0.15, 0.2) is 0 Å². The molecule has 0 radical (unpaired) electrons. The number of rotatable bonds is 6. The van der Waals surface area contributed by atoms with Crippen molar-refractivity contribution in [1.82, 2.24) is 5.43 Å². The van der Waals surface area contributed by atoms with Gasteiger partial charge >= 0.3 is 12.6 Å². The van der Waals surface area contributed by atoms with Crippen LogP contribution in [0.25, 0.3) is 0 Å². The zero-order valence-corrected chi connectivity index (χ0v) is 10.4. The Hall–Kier alpha value is -2.18. The molecule has 0 spiro atoms. The summed E-state index contributed by atoms with van der Waals surface area (Å²) in [7, 11) is 0. The predicted octanol–water partition coefficient (Wildman–Crippen LogP) is 2.26. The van der Waals surface area contributed by atoms with Crippen LogP contribution in [0.1, 0.15) is 18.9 Å². The van der Waals surface area contributed by atoms with Crippen molar-refractivity contribution < 1.29 is 18.3 Å². The standard InChI is InChI=1S/C12H15F2N3O2/c1-8(16-17-12(15)18)2-3-9-4-6-10(7-5-9)19-11(13)14/h4-7,11H,2-3H2,1H3,(H3,15,17,18). The molecule has 0 saturated carbocycles. The highest BCUT2D eigenvalue weighted by atomic mass is 19.3. The number of carbonyl (C=O) groups excluding carboxylic acids is 1. The van der Waals surface area contributed by atoms with Crippen LogP contribution >= 0.6 is 0 Å². The number of carbonyl (C=O) groups is 1. The molecule has 104 valence electrons. The number of nitrogens with zero attached hydrogens (tertiary/aromatic N) is 1. The highest BCUT2D eigenvalue weighted by molar-refractivity contribution is 5.83. The van der Waals surface area contributed by atoms with E-state index in [-0.39, 0.29) is 5.75 Å². The first kappa shape index (κ1) is 14.9. The van der Waals surface area contributed by atoms with Gasteiger partial charge in [-0.25, -0.2) is 10.2 Å². The Kier molecular flexibility index (Phi) is 5.72. The van der Waals surface area contributed by atoms with Gasteiger partial charge in [0, 0.05) is 5.71 Å². The third-order valence-corrected chi connectivity index (χ3v) is 2.28. The second kappa shape index (κ2) is 7.30. The van der Waals surface area contributed by atoms with Crippen LogP contribution in [0.4, 0.5) is 13.6 Å². The summed E-state index contributed by atoms with van der Waals surface area (Å²) in [5.74, 6) is 0.125. The normalized spacial score (nSPS) is 11.5. The van der Waals surface area contributed by atoms with Gasteiger partial charge in [-0.15, -0.1) is 0 Å². The number of hydrogen-bond donors (Lipinski definition) is 2. The van der Waals surface area contributed by atoms with E-state index in [1.54, 1.807) is 19.1 Å². The number of nitrogens with one attached hydrogen (secondary N) is 1. The lowest BCUT2D eigenvalue weighted by Crippen LogP contribution is -2.25. The number of hydrazone groups is 1. The fourth-order valence-corrected chi connectivity index (χ4v) is 1.37. The van der Waals surface area contributed by atoms with E-state index >= 15 is 0 Å². The van der Waals surface area contributed by atoms with Crippen molar-refractivity contribution in [3.05, 3.63) is 29.8 Å². The second-order valence-corrected chi connectivity index (χ2v) is 3.85. The van der Waals surface area contributed by atoms with E-state index in [1.165, 1.54) is 12.1 Å². The number of nitrogens with two attached hydrogens (primary N) is 1. The lowest BCUT2D eigenvalue weighted by atomic mass is 10.1. The average Bonchev–Trinajstić information content (AvgIpc) is 2.35. The maximum absolute atomic E-state index is 11.9. The summed E-state index contributed by atoms with van der Waals surface area (Å²) in [5, 5.41) is 3.76. The number of primary amides is 1. The smallest absolute Gasteiger partial charge is 0.387 e. The van der Waals surface area contributed by atoms with Gasteiger partial charge in [0.2, 0.25) is 0 Å². The topological polar surface area (TPSA) is 76.7 Å². The molecule has 0 unspecified atom stereocenters. The molecule has 0 saturated heterocycles. The summed E-state index contributed by atoms with van der Waals surface area (Å²) in [4.78, 5) is 10.4. The third kappa shape index (κ3) is 6.35. The number of alkyl halides is 2. The maximum atomic E-state index is 11.9. The molecule has 5 nitrogen and oxygen atoms in total. The summed E-state index contributed by atoms with van der Waals surface area (Å²) in [5.41, 5.74) is 8.68. The van der Waals surface area contributed by atoms with Crippen molar-refractivity contribution in [1.29, 1.82) is 0 Å². The number of halogens is 2. The van der Waals surface area contributed by atoms with Crippen molar-refractivity contribution in [3.8, 4) is 5.75 Å². The molecule has 0 atom stereocenters. The number of amides is 2. The van der Waals surface area contributed by atoms with Gasteiger partial charge in [-0.1, -0.05) is 12.1 Å². The van der Waals surface area contributed by atoms with Gasteiger partial charge in [-0.05, 0) is 37.5 Å². The Balaban J connectivity index is 2.45. The van der Waals surface area contributed by atoms with Gasteiger partial charge in [0.1, 0.15) is 5.75 Å². The molecule has 3 N–H and O–H groups in total. The van der Waals surface area contributed by atoms with E-state index in [2.05, 4.69) is 15.3 Å². The molecule has 0 heterocycles. The van der Waals surface area contributed by atoms with Crippen LogP contribution in [0.5, 0.6) is 5.75 Å². The number of aryl methyl sites for hydroxylation is 1. The zero-order chi connectivity index (χ0) is 14.3. The molecule has 0 aliphatic heterocycles. The van der Waals surface area contributed by atoms with Gasteiger partial charge in [-0.3, -0.25) is 0 Å². The molecule has 1 aromatic rings. The Morgan fingerprint density at radius 2 is 2.05 bits per heavy atom. The van der Waals surface area contributed by atoms with Crippen LogP contribution in [0.3, 0.4) is 0 Å². The lowest BCUT2D eigenvalue weighted by molar-refractivity contribution is -0.0498. The summed E-state index contributed by atoms with van der Waals surface area (Å²) in [6, 6.07) is 5.65. The van der Waals surface area contributed by atoms with Crippen molar-refractivity contribution in [2.24, 2.45) is 10.8 Å². The highest BCUT2D eigenvalue weighted by Gasteiger charge is 2.03. The summed E-state index contributed by atoms with van der Waals surface area (Å²) in [6.45, 7) is -1.07. The molecule has 7 heteroatoms. The molecular weight excluding hydrogens is 256 g/mol. The van der Waals surface area contributed by atoms with Crippen molar-refractivity contribution >= 4 is 11.7 Å². The predicted molar refractivity (Wildman–Crippen MR) is 67.2 cm³/mol. The second-order valence-electron chi connectivity index (χ2n) is 3.85. The van der Waals surface area contributed by atoms with E-state index in [9.17, 15) is 13.6 Å². The quantitative estimate of drug-likeness (QED) is 0.615.